The van der Waals surface area contributed by atoms with Crippen molar-refractivity contribution >= 4 is 9.90 Å². The van der Waals surface area contributed by atoms with Crippen molar-refractivity contribution in [3.63, 3.8) is 0 Å². The summed E-state index contributed by atoms with van der Waals surface area (Å²) in [7, 11) is 0. The van der Waals surface area contributed by atoms with Crippen LogP contribution >= 0.6 is 9.90 Å². The molecular weight excluding hydrogens is 95.0 g/mol. The smallest absolute Gasteiger partial charge is 0.0487 e. The Hall–Kier alpha value is -0.360. The first-order valence-corrected chi connectivity index (χ1v) is 1.44. The third kappa shape index (κ3) is 1.18. The summed E-state index contributed by atoms with van der Waals surface area (Å²) in [6.45, 7) is 0. The Morgan fingerprint density at radius 1 is 1.50 bits per heavy atom. The number of hydrogen-bond acceptors (Lipinski definition) is 1. The molecule has 0 aliphatic rings. The molecule has 6 heavy (non-hydrogen) atoms. The van der Waals surface area contributed by atoms with Gasteiger partial charge in [-0.15, -0.1) is 0 Å². The lowest BCUT2D eigenvalue weighted by Crippen LogP contribution is -1.53. The van der Waals surface area contributed by atoms with Crippen molar-refractivity contribution in [2.75, 3.05) is 0 Å². The molecule has 1 heterocycles. The lowest BCUT2D eigenvalue weighted by atomic mass is 10.8. The lowest BCUT2D eigenvalue weighted by Gasteiger charge is -1.49. The highest BCUT2D eigenvalue weighted by Crippen LogP contribution is 1.64. The number of aromatic nitrogens is 2. The zero-order valence-corrected chi connectivity index (χ0v) is 4.80. The summed E-state index contributed by atoms with van der Waals surface area (Å²) in [6, 6.07) is 1.83. The Morgan fingerprint density at radius 3 is 2.50 bits per heavy atom. The van der Waals surface area contributed by atoms with Crippen molar-refractivity contribution in [2.24, 2.45) is 0 Å². The first-order chi connectivity index (χ1) is 2.50. The van der Waals surface area contributed by atoms with Gasteiger partial charge in [-0.3, -0.25) is 5.10 Å². The molecule has 1 unspecified atom stereocenters. The molecule has 0 amide bonds. The average molecular weight is 102 g/mol. The van der Waals surface area contributed by atoms with E-state index < -0.39 is 0 Å². The van der Waals surface area contributed by atoms with Gasteiger partial charge in [-0.25, -0.2) is 0 Å². The van der Waals surface area contributed by atoms with E-state index in [4.69, 9.17) is 0 Å². The van der Waals surface area contributed by atoms with Gasteiger partial charge < -0.3 is 0 Å². The van der Waals surface area contributed by atoms with Crippen LogP contribution in [0.15, 0.2) is 18.5 Å². The molecule has 0 saturated carbocycles. The van der Waals surface area contributed by atoms with Gasteiger partial charge in [0.05, 0.1) is 0 Å². The summed E-state index contributed by atoms with van der Waals surface area (Å²) in [6.07, 6.45) is 3.46. The van der Waals surface area contributed by atoms with Crippen molar-refractivity contribution in [2.45, 2.75) is 0 Å². The summed E-state index contributed by atoms with van der Waals surface area (Å²) < 4.78 is 0. The summed E-state index contributed by atoms with van der Waals surface area (Å²) >= 11 is 0. The molecule has 0 spiro atoms. The Morgan fingerprint density at radius 2 is 2.33 bits per heavy atom. The van der Waals surface area contributed by atoms with E-state index in [1.165, 1.54) is 0 Å². The zero-order valence-electron chi connectivity index (χ0n) is 3.39. The van der Waals surface area contributed by atoms with Gasteiger partial charge in [-0.05, 0) is 6.07 Å². The third-order valence-corrected chi connectivity index (χ3v) is 0.406. The molecule has 0 bridgehead atoms. The highest BCUT2D eigenvalue weighted by atomic mass is 31.0. The molecule has 2 nitrogen and oxygen atoms in total. The quantitative estimate of drug-likeness (QED) is 0.474. The minimum absolute atomic E-state index is 0. The molecule has 0 fully saturated rings. The van der Waals surface area contributed by atoms with Gasteiger partial charge >= 0.3 is 0 Å². The van der Waals surface area contributed by atoms with Crippen LogP contribution in [0.5, 0.6) is 0 Å². The molecule has 0 saturated heterocycles. The maximum atomic E-state index is 3.60. The average Bonchev–Trinajstić information content (AvgIpc) is 1.76. The van der Waals surface area contributed by atoms with Crippen LogP contribution in [-0.2, 0) is 0 Å². The fourth-order valence-corrected chi connectivity index (χ4v) is 0.215. The minimum atomic E-state index is 0. The molecule has 1 aromatic rings. The largest absolute Gasteiger partial charge is 0.286 e. The Balaban J connectivity index is 0.000000250. The van der Waals surface area contributed by atoms with E-state index in [0.29, 0.717) is 0 Å². The molecular formula is C3H7N2P. The van der Waals surface area contributed by atoms with E-state index in [2.05, 4.69) is 10.2 Å². The van der Waals surface area contributed by atoms with Crippen LogP contribution in [0.3, 0.4) is 0 Å². The van der Waals surface area contributed by atoms with Gasteiger partial charge in [0.1, 0.15) is 0 Å². The molecule has 1 N–H and O–H groups in total. The Kier molecular flexibility index (Phi) is 2.68. The summed E-state index contributed by atoms with van der Waals surface area (Å²) in [5.41, 5.74) is 0. The first-order valence-electron chi connectivity index (χ1n) is 1.44. The van der Waals surface area contributed by atoms with Crippen LogP contribution in [0, 0.1) is 0 Å². The second-order valence-electron chi connectivity index (χ2n) is 0.766. The molecule has 0 aliphatic heterocycles. The normalized spacial score (nSPS) is 6.67. The lowest BCUT2D eigenvalue weighted by molar-refractivity contribution is 1.09. The molecule has 0 aromatic carbocycles. The van der Waals surface area contributed by atoms with Crippen LogP contribution in [0.1, 0.15) is 0 Å². The number of hydrogen-bond donors (Lipinski definition) is 1. The van der Waals surface area contributed by atoms with Crippen LogP contribution in [0.2, 0.25) is 0 Å². The zero-order chi connectivity index (χ0) is 3.54. The topological polar surface area (TPSA) is 28.7 Å². The molecule has 0 radical (unpaired) electrons. The van der Waals surface area contributed by atoms with E-state index >= 15 is 0 Å². The maximum Gasteiger partial charge on any atom is 0.0487 e. The van der Waals surface area contributed by atoms with E-state index in [1.807, 2.05) is 6.07 Å². The molecule has 1 rings (SSSR count). The van der Waals surface area contributed by atoms with Crippen molar-refractivity contribution in [3.8, 4) is 0 Å². The van der Waals surface area contributed by atoms with Crippen molar-refractivity contribution < 1.29 is 0 Å². The van der Waals surface area contributed by atoms with Crippen LogP contribution in [-0.4, -0.2) is 10.2 Å². The van der Waals surface area contributed by atoms with Crippen molar-refractivity contribution in [1.82, 2.24) is 10.2 Å². The molecule has 0 aliphatic carbocycles. The number of nitrogens with one attached hydrogen (secondary N) is 1. The van der Waals surface area contributed by atoms with Gasteiger partial charge in [0.15, 0.2) is 0 Å². The fraction of sp³-hybridized carbons (Fsp3) is 0. The van der Waals surface area contributed by atoms with E-state index in [-0.39, 0.29) is 9.90 Å². The monoisotopic (exact) mass is 102 g/mol. The van der Waals surface area contributed by atoms with E-state index in [1.54, 1.807) is 12.4 Å². The van der Waals surface area contributed by atoms with Gasteiger partial charge in [0.2, 0.25) is 0 Å². The third-order valence-electron chi connectivity index (χ3n) is 0.406. The maximum absolute atomic E-state index is 3.60. The Labute approximate surface area is 39.6 Å². The van der Waals surface area contributed by atoms with Crippen molar-refractivity contribution in [1.29, 1.82) is 0 Å². The molecule has 3 heteroatoms. The summed E-state index contributed by atoms with van der Waals surface area (Å²) in [4.78, 5) is 0. The van der Waals surface area contributed by atoms with Gasteiger partial charge in [-0.2, -0.15) is 15.0 Å². The number of rotatable bonds is 0. The molecule has 1 atom stereocenters. The van der Waals surface area contributed by atoms with Crippen LogP contribution in [0.4, 0.5) is 0 Å². The first kappa shape index (κ1) is 5.64. The van der Waals surface area contributed by atoms with Crippen LogP contribution < -0.4 is 0 Å². The second-order valence-corrected chi connectivity index (χ2v) is 0.766. The summed E-state index contributed by atoms with van der Waals surface area (Å²) in [5.74, 6) is 0. The minimum Gasteiger partial charge on any atom is -0.286 e. The van der Waals surface area contributed by atoms with Gasteiger partial charge in [0, 0.05) is 12.4 Å². The standard InChI is InChI=1S/C3H4N2.H3P/c1-2-4-5-3-1;/h1-3H,(H,4,5);1H3. The molecule has 34 valence electrons. The highest BCUT2D eigenvalue weighted by Gasteiger charge is 1.56. The van der Waals surface area contributed by atoms with E-state index in [9.17, 15) is 0 Å². The number of nitrogens with zero attached hydrogens (tertiary/aromatic N) is 1. The Bertz CT molecular complexity index is 65.3. The number of H-pyrrole nitrogens is 1. The SMILES string of the molecule is P.c1cn[nH]c1. The highest BCUT2D eigenvalue weighted by molar-refractivity contribution is 6.92. The predicted molar refractivity (Wildman–Crippen MR) is 29.7 cm³/mol. The van der Waals surface area contributed by atoms with Gasteiger partial charge in [0.25, 0.3) is 0 Å². The molecule has 1 aromatic heterocycles. The second kappa shape index (κ2) is 2.86. The van der Waals surface area contributed by atoms with E-state index in [0.717, 1.165) is 0 Å². The van der Waals surface area contributed by atoms with Gasteiger partial charge in [-0.1, -0.05) is 0 Å². The fourth-order valence-electron chi connectivity index (χ4n) is 0.215. The predicted octanol–water partition coefficient (Wildman–Crippen LogP) is 0.468. The van der Waals surface area contributed by atoms with Crippen molar-refractivity contribution in [3.05, 3.63) is 18.5 Å². The summed E-state index contributed by atoms with van der Waals surface area (Å²) in [5, 5.41) is 6.21. The number of aromatic amines is 1. The van der Waals surface area contributed by atoms with Crippen LogP contribution in [0.25, 0.3) is 0 Å².